The van der Waals surface area contributed by atoms with Gasteiger partial charge in [-0.1, -0.05) is 5.92 Å². The lowest BCUT2D eigenvalue weighted by Crippen LogP contribution is -2.46. The molecular weight excluding hydrogens is 276 g/mol. The first kappa shape index (κ1) is 16.1. The Balaban J connectivity index is 2.54. The predicted molar refractivity (Wildman–Crippen MR) is 78.8 cm³/mol. The van der Waals surface area contributed by atoms with E-state index < -0.39 is 18.5 Å². The summed E-state index contributed by atoms with van der Waals surface area (Å²) >= 11 is 1.68. The molecule has 0 bridgehead atoms. The van der Waals surface area contributed by atoms with Gasteiger partial charge < -0.3 is 15.3 Å². The van der Waals surface area contributed by atoms with Gasteiger partial charge in [-0.25, -0.2) is 4.79 Å². The normalized spacial score (nSPS) is 11.4. The Morgan fingerprint density at radius 2 is 2.25 bits per heavy atom. The highest BCUT2D eigenvalue weighted by Gasteiger charge is 2.17. The number of carboxylic acids is 1. The predicted octanol–water partition coefficient (Wildman–Crippen LogP) is 1.72. The van der Waals surface area contributed by atoms with Crippen LogP contribution >= 0.6 is 11.3 Å². The SMILES string of the molecule is C#CCN(CC(=O)O)C(=O)NC(C)Cc1ccc(C)s1. The van der Waals surface area contributed by atoms with Crippen LogP contribution in [0.3, 0.4) is 0 Å². The van der Waals surface area contributed by atoms with E-state index in [4.69, 9.17) is 11.5 Å². The summed E-state index contributed by atoms with van der Waals surface area (Å²) in [6, 6.07) is 3.52. The third kappa shape index (κ3) is 5.33. The van der Waals surface area contributed by atoms with E-state index in [1.54, 1.807) is 11.3 Å². The van der Waals surface area contributed by atoms with Gasteiger partial charge in [0, 0.05) is 22.2 Å². The van der Waals surface area contributed by atoms with Gasteiger partial charge in [-0.2, -0.15) is 0 Å². The van der Waals surface area contributed by atoms with Gasteiger partial charge in [0.2, 0.25) is 0 Å². The first-order valence-electron chi connectivity index (χ1n) is 6.18. The van der Waals surface area contributed by atoms with E-state index in [9.17, 15) is 9.59 Å². The van der Waals surface area contributed by atoms with Crippen LogP contribution in [-0.4, -0.2) is 41.1 Å². The summed E-state index contributed by atoms with van der Waals surface area (Å²) in [5.74, 6) is 1.20. The number of amides is 2. The minimum atomic E-state index is -1.09. The van der Waals surface area contributed by atoms with E-state index in [1.165, 1.54) is 9.75 Å². The molecule has 1 atom stereocenters. The fourth-order valence-electron chi connectivity index (χ4n) is 1.72. The van der Waals surface area contributed by atoms with Crippen molar-refractivity contribution in [3.8, 4) is 12.3 Å². The summed E-state index contributed by atoms with van der Waals surface area (Å²) in [4.78, 5) is 26.1. The van der Waals surface area contributed by atoms with Crippen LogP contribution in [0.2, 0.25) is 0 Å². The van der Waals surface area contributed by atoms with Crippen molar-refractivity contribution in [3.05, 3.63) is 21.9 Å². The van der Waals surface area contributed by atoms with Crippen molar-refractivity contribution in [2.24, 2.45) is 0 Å². The van der Waals surface area contributed by atoms with Crippen molar-refractivity contribution in [2.75, 3.05) is 13.1 Å². The molecule has 0 fully saturated rings. The van der Waals surface area contributed by atoms with Gasteiger partial charge >= 0.3 is 12.0 Å². The van der Waals surface area contributed by atoms with Gasteiger partial charge in [0.25, 0.3) is 0 Å². The van der Waals surface area contributed by atoms with Crippen LogP contribution in [0.5, 0.6) is 0 Å². The summed E-state index contributed by atoms with van der Waals surface area (Å²) in [7, 11) is 0. The highest BCUT2D eigenvalue weighted by Crippen LogP contribution is 2.16. The molecular formula is C14H18N2O3S. The lowest BCUT2D eigenvalue weighted by Gasteiger charge is -2.21. The smallest absolute Gasteiger partial charge is 0.323 e. The van der Waals surface area contributed by atoms with Crippen LogP contribution in [-0.2, 0) is 11.2 Å². The van der Waals surface area contributed by atoms with Gasteiger partial charge in [0.15, 0.2) is 0 Å². The molecule has 1 unspecified atom stereocenters. The Morgan fingerprint density at radius 3 is 2.75 bits per heavy atom. The van der Waals surface area contributed by atoms with Crippen molar-refractivity contribution in [3.63, 3.8) is 0 Å². The van der Waals surface area contributed by atoms with Crippen LogP contribution in [0, 0.1) is 19.3 Å². The Labute approximate surface area is 122 Å². The van der Waals surface area contributed by atoms with E-state index in [1.807, 2.05) is 26.0 Å². The van der Waals surface area contributed by atoms with Crippen molar-refractivity contribution in [1.29, 1.82) is 0 Å². The molecule has 2 amide bonds. The molecule has 0 spiro atoms. The van der Waals surface area contributed by atoms with Gasteiger partial charge in [-0.3, -0.25) is 4.79 Å². The highest BCUT2D eigenvalue weighted by atomic mass is 32.1. The Kier molecular flexibility index (Phi) is 6.07. The van der Waals surface area contributed by atoms with Crippen molar-refractivity contribution >= 4 is 23.3 Å². The number of thiophene rings is 1. The van der Waals surface area contributed by atoms with E-state index in [2.05, 4.69) is 11.2 Å². The maximum Gasteiger partial charge on any atom is 0.323 e. The zero-order chi connectivity index (χ0) is 15.1. The topological polar surface area (TPSA) is 69.6 Å². The summed E-state index contributed by atoms with van der Waals surface area (Å²) in [6.45, 7) is 3.48. The van der Waals surface area contributed by atoms with Crippen LogP contribution in [0.4, 0.5) is 4.79 Å². The minimum Gasteiger partial charge on any atom is -0.480 e. The number of carbonyl (C=O) groups is 2. The summed E-state index contributed by atoms with van der Waals surface area (Å²) < 4.78 is 0. The molecule has 0 saturated carbocycles. The van der Waals surface area contributed by atoms with Crippen molar-refractivity contribution < 1.29 is 14.7 Å². The Morgan fingerprint density at radius 1 is 1.55 bits per heavy atom. The van der Waals surface area contributed by atoms with Crippen molar-refractivity contribution in [1.82, 2.24) is 10.2 Å². The second-order valence-electron chi connectivity index (χ2n) is 4.52. The van der Waals surface area contributed by atoms with E-state index in [0.717, 1.165) is 4.90 Å². The lowest BCUT2D eigenvalue weighted by molar-refractivity contribution is -0.137. The summed E-state index contributed by atoms with van der Waals surface area (Å²) in [5.41, 5.74) is 0. The lowest BCUT2D eigenvalue weighted by atomic mass is 10.2. The third-order valence-electron chi connectivity index (χ3n) is 2.57. The Bertz CT molecular complexity index is 519. The number of aliphatic carboxylic acids is 1. The van der Waals surface area contributed by atoms with Gasteiger partial charge in [0.05, 0.1) is 6.54 Å². The zero-order valence-corrected chi connectivity index (χ0v) is 12.4. The molecule has 108 valence electrons. The molecule has 1 aromatic rings. The number of aryl methyl sites for hydroxylation is 1. The maximum absolute atomic E-state index is 11.9. The largest absolute Gasteiger partial charge is 0.480 e. The first-order valence-corrected chi connectivity index (χ1v) is 7.00. The zero-order valence-electron chi connectivity index (χ0n) is 11.5. The molecule has 0 radical (unpaired) electrons. The Hall–Kier alpha value is -2.00. The molecule has 5 nitrogen and oxygen atoms in total. The molecule has 1 aromatic heterocycles. The molecule has 1 rings (SSSR count). The number of hydrogen-bond acceptors (Lipinski definition) is 3. The average Bonchev–Trinajstić information content (AvgIpc) is 2.73. The fraction of sp³-hybridized carbons (Fsp3) is 0.429. The van der Waals surface area contributed by atoms with Crippen LogP contribution in [0.1, 0.15) is 16.7 Å². The number of rotatable bonds is 6. The number of terminal acetylenes is 1. The maximum atomic E-state index is 11.9. The molecule has 0 aliphatic rings. The number of hydrogen-bond donors (Lipinski definition) is 2. The van der Waals surface area contributed by atoms with E-state index in [-0.39, 0.29) is 12.6 Å². The number of carboxylic acid groups (broad SMARTS) is 1. The average molecular weight is 294 g/mol. The highest BCUT2D eigenvalue weighted by molar-refractivity contribution is 7.11. The quantitative estimate of drug-likeness (QED) is 0.785. The van der Waals surface area contributed by atoms with Gasteiger partial charge in [-0.15, -0.1) is 17.8 Å². The van der Waals surface area contributed by atoms with Crippen LogP contribution < -0.4 is 5.32 Å². The van der Waals surface area contributed by atoms with E-state index in [0.29, 0.717) is 6.42 Å². The third-order valence-corrected chi connectivity index (χ3v) is 3.59. The fourth-order valence-corrected chi connectivity index (χ4v) is 2.74. The summed E-state index contributed by atoms with van der Waals surface area (Å²) in [5, 5.41) is 11.5. The molecule has 2 N–H and O–H groups in total. The van der Waals surface area contributed by atoms with Crippen LogP contribution in [0.25, 0.3) is 0 Å². The molecule has 6 heteroatoms. The molecule has 0 aromatic carbocycles. The second kappa shape index (κ2) is 7.56. The number of carbonyl (C=O) groups excluding carboxylic acids is 1. The summed E-state index contributed by atoms with van der Waals surface area (Å²) in [6.07, 6.45) is 5.85. The van der Waals surface area contributed by atoms with Crippen LogP contribution in [0.15, 0.2) is 12.1 Å². The monoisotopic (exact) mass is 294 g/mol. The van der Waals surface area contributed by atoms with E-state index >= 15 is 0 Å². The number of nitrogens with one attached hydrogen (secondary N) is 1. The van der Waals surface area contributed by atoms with Gasteiger partial charge in [-0.05, 0) is 26.0 Å². The van der Waals surface area contributed by atoms with Gasteiger partial charge in [0.1, 0.15) is 6.54 Å². The number of nitrogens with zero attached hydrogens (tertiary/aromatic N) is 1. The standard InChI is InChI=1S/C14H18N2O3S/c1-4-7-16(9-13(17)18)14(19)15-10(2)8-12-6-5-11(3)20-12/h1,5-6,10H,7-9H2,2-3H3,(H,15,19)(H,17,18). The second-order valence-corrected chi connectivity index (χ2v) is 5.89. The molecule has 20 heavy (non-hydrogen) atoms. The number of urea groups is 1. The molecule has 0 aliphatic heterocycles. The van der Waals surface area contributed by atoms with Crippen molar-refractivity contribution in [2.45, 2.75) is 26.3 Å². The minimum absolute atomic E-state index is 0.0248. The molecule has 0 saturated heterocycles. The molecule has 1 heterocycles. The first-order chi connectivity index (χ1) is 9.42. The molecule has 0 aliphatic carbocycles.